The molecule has 1 aromatic carbocycles. The fraction of sp³-hybridized carbons (Fsp3) is 0.639. The normalized spacial score (nSPS) is 18.6. The number of ketones is 1. The lowest BCUT2D eigenvalue weighted by molar-refractivity contribution is -0.143. The molecule has 1 aromatic rings. The van der Waals surface area contributed by atoms with Crippen LogP contribution < -0.4 is 21.3 Å². The minimum absolute atomic E-state index is 0.0533. The second-order valence-corrected chi connectivity index (χ2v) is 19.4. The molecule has 2 aliphatic rings. The van der Waals surface area contributed by atoms with Gasteiger partial charge in [0.15, 0.2) is 0 Å². The van der Waals surface area contributed by atoms with E-state index in [-0.39, 0.29) is 18.2 Å². The van der Waals surface area contributed by atoms with Crippen molar-refractivity contribution in [2.24, 2.45) is 5.41 Å². The highest BCUT2D eigenvalue weighted by Crippen LogP contribution is 2.50. The van der Waals surface area contributed by atoms with Crippen molar-refractivity contribution in [3.8, 4) is 0 Å². The number of alkyl carbamates (subject to hydrolysis) is 1. The molecule has 2 heterocycles. The quantitative estimate of drug-likeness (QED) is 0.216. The third-order valence-corrected chi connectivity index (χ3v) is 12.4. The van der Waals surface area contributed by atoms with Gasteiger partial charge in [-0.3, -0.25) is 28.8 Å². The Morgan fingerprint density at radius 2 is 1.58 bits per heavy atom. The number of amides is 6. The second kappa shape index (κ2) is 18.7. The number of thioether (sulfide) groups is 3. The van der Waals surface area contributed by atoms with Crippen LogP contribution in [0.15, 0.2) is 30.3 Å². The van der Waals surface area contributed by atoms with Gasteiger partial charge in [0.05, 0.1) is 10.6 Å². The van der Waals surface area contributed by atoms with Crippen molar-refractivity contribution in [3.63, 3.8) is 0 Å². The summed E-state index contributed by atoms with van der Waals surface area (Å²) in [6.07, 6.45) is 2.26. The fourth-order valence-corrected chi connectivity index (χ4v) is 9.72. The van der Waals surface area contributed by atoms with Crippen molar-refractivity contribution in [1.82, 2.24) is 31.1 Å². The maximum atomic E-state index is 14.3. The van der Waals surface area contributed by atoms with Crippen molar-refractivity contribution in [3.05, 3.63) is 35.9 Å². The first-order chi connectivity index (χ1) is 24.7. The van der Waals surface area contributed by atoms with E-state index in [1.54, 1.807) is 95.0 Å². The van der Waals surface area contributed by atoms with E-state index in [0.29, 0.717) is 12.0 Å². The molecule has 6 amide bonds. The molecule has 0 bridgehead atoms. The van der Waals surface area contributed by atoms with E-state index in [2.05, 4.69) is 21.3 Å². The smallest absolute Gasteiger partial charge is 0.408 e. The highest BCUT2D eigenvalue weighted by Gasteiger charge is 2.53. The predicted octanol–water partition coefficient (Wildman–Crippen LogP) is 2.57. The minimum Gasteiger partial charge on any atom is -0.444 e. The molecule has 14 nitrogen and oxygen atoms in total. The summed E-state index contributed by atoms with van der Waals surface area (Å²) in [5.41, 5.74) is -0.999. The maximum Gasteiger partial charge on any atom is 0.408 e. The molecule has 0 saturated carbocycles. The van der Waals surface area contributed by atoms with Gasteiger partial charge in [0.1, 0.15) is 29.8 Å². The van der Waals surface area contributed by atoms with Crippen molar-refractivity contribution in [2.45, 2.75) is 88.2 Å². The molecule has 4 N–H and O–H groups in total. The Kier molecular flexibility index (Phi) is 15.5. The Bertz CT molecular complexity index is 1510. The molecule has 2 fully saturated rings. The highest BCUT2D eigenvalue weighted by atomic mass is 32.2. The monoisotopic (exact) mass is 794 g/mol. The molecule has 2 saturated heterocycles. The number of Topliss-reactive ketones (excluding diaryl/α,β-unsaturated/α-hetero) is 1. The average Bonchev–Trinajstić information content (AvgIpc) is 3.45. The van der Waals surface area contributed by atoms with Gasteiger partial charge >= 0.3 is 6.09 Å². The molecule has 2 unspecified atom stereocenters. The van der Waals surface area contributed by atoms with E-state index in [9.17, 15) is 33.6 Å². The molecule has 0 aliphatic carbocycles. The number of hydrogen-bond acceptors (Lipinski definition) is 11. The van der Waals surface area contributed by atoms with E-state index >= 15 is 0 Å². The molecule has 17 heteroatoms. The highest BCUT2D eigenvalue weighted by molar-refractivity contribution is 8.18. The number of ether oxygens (including phenoxy) is 1. The number of likely N-dealkylation sites (tertiary alicyclic amines) is 1. The number of carbonyl (C=O) groups excluding carboxylic acids is 7. The maximum absolute atomic E-state index is 14.3. The van der Waals surface area contributed by atoms with E-state index < -0.39 is 81.3 Å². The topological polar surface area (TPSA) is 183 Å². The van der Waals surface area contributed by atoms with Crippen molar-refractivity contribution in [2.75, 3.05) is 50.7 Å². The zero-order valence-electron chi connectivity index (χ0n) is 32.0. The van der Waals surface area contributed by atoms with Crippen LogP contribution in [-0.4, -0.2) is 130 Å². The Hall–Kier alpha value is -3.44. The van der Waals surface area contributed by atoms with Gasteiger partial charge in [-0.1, -0.05) is 51.1 Å². The van der Waals surface area contributed by atoms with Gasteiger partial charge in [0.2, 0.25) is 29.4 Å². The lowest BCUT2D eigenvalue weighted by atomic mass is 9.85. The van der Waals surface area contributed by atoms with Gasteiger partial charge in [-0.15, -0.1) is 23.5 Å². The van der Waals surface area contributed by atoms with Crippen LogP contribution >= 0.6 is 35.3 Å². The first kappa shape index (κ1) is 44.0. The summed E-state index contributed by atoms with van der Waals surface area (Å²) < 4.78 is 5.00. The number of likely N-dealkylation sites (N-methyl/N-ethyl adjacent to an activating group) is 1. The van der Waals surface area contributed by atoms with Crippen LogP contribution in [-0.2, 0) is 33.5 Å². The van der Waals surface area contributed by atoms with Gasteiger partial charge in [-0.25, -0.2) is 4.79 Å². The molecule has 53 heavy (non-hydrogen) atoms. The molecule has 0 aromatic heterocycles. The Labute approximate surface area is 325 Å². The van der Waals surface area contributed by atoms with Crippen LogP contribution in [0.1, 0.15) is 66.0 Å². The summed E-state index contributed by atoms with van der Waals surface area (Å²) in [5.74, 6) is -2.40. The molecular formula is C36H54N6O8S3. The van der Waals surface area contributed by atoms with Gasteiger partial charge < -0.3 is 35.8 Å². The summed E-state index contributed by atoms with van der Waals surface area (Å²) in [6.45, 7) is 10.3. The zero-order chi connectivity index (χ0) is 39.7. The van der Waals surface area contributed by atoms with Crippen molar-refractivity contribution in [1.29, 1.82) is 0 Å². The largest absolute Gasteiger partial charge is 0.444 e. The fourth-order valence-electron chi connectivity index (χ4n) is 5.80. The van der Waals surface area contributed by atoms with Gasteiger partial charge in [-0.2, -0.15) is 11.8 Å². The Morgan fingerprint density at radius 3 is 2.13 bits per heavy atom. The molecule has 0 radical (unpaired) electrons. The SMILES string of the molecule is CSCC(NC(=O)[C@@H]1CC2(CN1C(=O)[C@@H](NC(=O)OC(C)(C)C)C(C)(C)C)SCCCS2)C(=O)C(=O)NCC(=O)NC(C(=O)N(C)C)c1ccccc1. The van der Waals surface area contributed by atoms with Crippen LogP contribution in [0.3, 0.4) is 0 Å². The molecule has 4 atom stereocenters. The molecular weight excluding hydrogens is 741 g/mol. The number of nitrogens with one attached hydrogen (secondary N) is 4. The van der Waals surface area contributed by atoms with Crippen LogP contribution in [0, 0.1) is 5.41 Å². The number of benzene rings is 1. The lowest BCUT2D eigenvalue weighted by Crippen LogP contribution is -2.59. The van der Waals surface area contributed by atoms with Crippen LogP contribution in [0.4, 0.5) is 4.79 Å². The number of hydrogen-bond donors (Lipinski definition) is 4. The summed E-state index contributed by atoms with van der Waals surface area (Å²) >= 11 is 4.62. The van der Waals surface area contributed by atoms with E-state index in [1.165, 1.54) is 21.6 Å². The minimum atomic E-state index is -1.26. The molecule has 3 rings (SSSR count). The predicted molar refractivity (Wildman–Crippen MR) is 209 cm³/mol. The number of rotatable bonds is 13. The Balaban J connectivity index is 1.77. The summed E-state index contributed by atoms with van der Waals surface area (Å²) in [6, 6.07) is 4.34. The lowest BCUT2D eigenvalue weighted by Gasteiger charge is -2.36. The molecule has 294 valence electrons. The third kappa shape index (κ3) is 12.6. The van der Waals surface area contributed by atoms with E-state index in [1.807, 2.05) is 20.8 Å². The third-order valence-electron chi connectivity index (χ3n) is 8.40. The van der Waals surface area contributed by atoms with Gasteiger partial charge in [0.25, 0.3) is 5.91 Å². The second-order valence-electron chi connectivity index (χ2n) is 15.3. The summed E-state index contributed by atoms with van der Waals surface area (Å²) in [5, 5.41) is 10.4. The Morgan fingerprint density at radius 1 is 0.962 bits per heavy atom. The molecule has 2 aliphatic heterocycles. The number of nitrogens with zero attached hydrogens (tertiary/aromatic N) is 2. The first-order valence-corrected chi connectivity index (χ1v) is 20.8. The number of carbonyl (C=O) groups is 7. The van der Waals surface area contributed by atoms with Crippen LogP contribution in [0.2, 0.25) is 0 Å². The summed E-state index contributed by atoms with van der Waals surface area (Å²) in [7, 11) is 3.12. The van der Waals surface area contributed by atoms with Crippen LogP contribution in [0.5, 0.6) is 0 Å². The van der Waals surface area contributed by atoms with E-state index in [0.717, 1.165) is 17.9 Å². The van der Waals surface area contributed by atoms with Crippen molar-refractivity contribution < 1.29 is 38.3 Å². The van der Waals surface area contributed by atoms with E-state index in [4.69, 9.17) is 4.74 Å². The van der Waals surface area contributed by atoms with Crippen LogP contribution in [0.25, 0.3) is 0 Å². The molecule has 1 spiro atoms. The summed E-state index contributed by atoms with van der Waals surface area (Å²) in [4.78, 5) is 96.3. The first-order valence-electron chi connectivity index (χ1n) is 17.4. The van der Waals surface area contributed by atoms with Gasteiger partial charge in [0, 0.05) is 32.8 Å². The average molecular weight is 795 g/mol. The zero-order valence-corrected chi connectivity index (χ0v) is 34.5. The van der Waals surface area contributed by atoms with Gasteiger partial charge in [-0.05, 0) is 55.9 Å². The standard InChI is InChI=1S/C36H54N6O8S3/c1-34(2,3)28(40-33(49)50-35(4,5)6)32(48)42-21-36(52-16-13-17-53-36)18-24(42)29(45)38-23(20-51-9)27(44)30(46)37-19-25(43)39-26(31(47)41(7)8)22-14-11-10-12-15-22/h10-12,14-15,23-24,26,28H,13,16-21H2,1-9H3,(H,37,46)(H,38,45)(H,39,43)(H,40,49)/t23?,24-,26?,28+/m0/s1. The van der Waals surface area contributed by atoms with Crippen molar-refractivity contribution >= 4 is 76.7 Å².